The second kappa shape index (κ2) is 10.3. The fourth-order valence-corrected chi connectivity index (χ4v) is 3.41. The Kier molecular flexibility index (Phi) is 8.03. The van der Waals surface area contributed by atoms with Gasteiger partial charge in [0.1, 0.15) is 0 Å². The van der Waals surface area contributed by atoms with Crippen molar-refractivity contribution < 1.29 is 9.47 Å². The number of hydrogen-bond acceptors (Lipinski definition) is 3. The molecule has 2 rings (SSSR count). The smallest absolute Gasteiger partial charge is 0.194 e. The third-order valence-corrected chi connectivity index (χ3v) is 4.71. The fourth-order valence-electron chi connectivity index (χ4n) is 2.84. The van der Waals surface area contributed by atoms with E-state index in [0.717, 1.165) is 41.4 Å². The van der Waals surface area contributed by atoms with Gasteiger partial charge in [-0.2, -0.15) is 0 Å². The Balaban J connectivity index is 2.03. The van der Waals surface area contributed by atoms with Crippen molar-refractivity contribution in [3.63, 3.8) is 0 Å². The molecule has 1 N–H and O–H groups in total. The van der Waals surface area contributed by atoms with Crippen molar-refractivity contribution in [1.82, 2.24) is 14.8 Å². The van der Waals surface area contributed by atoms with Crippen LogP contribution in [0, 0.1) is 0 Å². The minimum atomic E-state index is 0.693. The molecule has 0 saturated heterocycles. The van der Waals surface area contributed by atoms with Crippen LogP contribution in [0.25, 0.3) is 0 Å². The van der Waals surface area contributed by atoms with Crippen LogP contribution in [0.5, 0.6) is 11.5 Å². The van der Waals surface area contributed by atoms with Gasteiger partial charge in [-0.15, -0.1) is 0 Å². The highest BCUT2D eigenvalue weighted by molar-refractivity contribution is 9.10. The number of aromatic nitrogens is 1. The summed E-state index contributed by atoms with van der Waals surface area (Å²) in [6.07, 6.45) is 2.89. The second-order valence-electron chi connectivity index (χ2n) is 6.29. The number of nitrogens with one attached hydrogen (secondary N) is 1. The number of methoxy groups -OCH3 is 2. The molecule has 0 radical (unpaired) electrons. The van der Waals surface area contributed by atoms with E-state index in [2.05, 4.69) is 70.1 Å². The van der Waals surface area contributed by atoms with Gasteiger partial charge in [-0.1, -0.05) is 6.07 Å². The standard InChI is InChI=1S/C20H29BrN4O2/c1-6-22-20(25(3)14-17-12-16(21)13-24(17)2)23-10-9-15-7-8-18(26-4)19(11-15)27-5/h7-8,11-13H,6,9-10,14H2,1-5H3,(H,22,23). The number of aliphatic imine (C=N–C) groups is 1. The van der Waals surface area contributed by atoms with Crippen LogP contribution in [-0.2, 0) is 20.0 Å². The molecule has 1 heterocycles. The van der Waals surface area contributed by atoms with E-state index >= 15 is 0 Å². The van der Waals surface area contributed by atoms with E-state index in [-0.39, 0.29) is 0 Å². The molecule has 1 aromatic heterocycles. The first-order valence-electron chi connectivity index (χ1n) is 8.99. The zero-order valence-corrected chi connectivity index (χ0v) is 18.3. The van der Waals surface area contributed by atoms with Crippen molar-refractivity contribution in [3.8, 4) is 11.5 Å². The number of halogens is 1. The van der Waals surface area contributed by atoms with Gasteiger partial charge in [0.05, 0.1) is 20.8 Å². The monoisotopic (exact) mass is 436 g/mol. The van der Waals surface area contributed by atoms with E-state index in [1.807, 2.05) is 12.1 Å². The molecule has 1 aromatic carbocycles. The average Bonchev–Trinajstić information content (AvgIpc) is 2.97. The fraction of sp³-hybridized carbons (Fsp3) is 0.450. The Bertz CT molecular complexity index is 773. The van der Waals surface area contributed by atoms with Crippen LogP contribution < -0.4 is 14.8 Å². The summed E-state index contributed by atoms with van der Waals surface area (Å²) >= 11 is 3.53. The maximum atomic E-state index is 5.37. The number of aryl methyl sites for hydroxylation is 1. The largest absolute Gasteiger partial charge is 0.493 e. The van der Waals surface area contributed by atoms with Gasteiger partial charge in [0.15, 0.2) is 17.5 Å². The van der Waals surface area contributed by atoms with Gasteiger partial charge in [0.25, 0.3) is 0 Å². The summed E-state index contributed by atoms with van der Waals surface area (Å²) in [5, 5.41) is 3.37. The summed E-state index contributed by atoms with van der Waals surface area (Å²) in [5.74, 6) is 2.39. The first-order valence-corrected chi connectivity index (χ1v) is 9.78. The predicted molar refractivity (Wildman–Crippen MR) is 114 cm³/mol. The molecule has 0 aliphatic carbocycles. The molecular weight excluding hydrogens is 408 g/mol. The van der Waals surface area contributed by atoms with E-state index in [1.165, 1.54) is 11.3 Å². The lowest BCUT2D eigenvalue weighted by Crippen LogP contribution is -2.39. The van der Waals surface area contributed by atoms with Gasteiger partial charge in [-0.05, 0) is 53.0 Å². The maximum absolute atomic E-state index is 5.37. The van der Waals surface area contributed by atoms with Crippen molar-refractivity contribution in [1.29, 1.82) is 0 Å². The number of benzene rings is 1. The van der Waals surface area contributed by atoms with Gasteiger partial charge in [-0.3, -0.25) is 4.99 Å². The molecule has 0 bridgehead atoms. The molecule has 6 nitrogen and oxygen atoms in total. The number of rotatable bonds is 8. The van der Waals surface area contributed by atoms with E-state index < -0.39 is 0 Å². The molecule has 27 heavy (non-hydrogen) atoms. The van der Waals surface area contributed by atoms with Crippen molar-refractivity contribution >= 4 is 21.9 Å². The number of hydrogen-bond donors (Lipinski definition) is 1. The van der Waals surface area contributed by atoms with Crippen LogP contribution in [0.4, 0.5) is 0 Å². The van der Waals surface area contributed by atoms with Gasteiger partial charge >= 0.3 is 0 Å². The minimum absolute atomic E-state index is 0.693. The first-order chi connectivity index (χ1) is 13.0. The van der Waals surface area contributed by atoms with E-state index in [1.54, 1.807) is 14.2 Å². The second-order valence-corrected chi connectivity index (χ2v) is 7.21. The van der Waals surface area contributed by atoms with Crippen molar-refractivity contribution in [3.05, 3.63) is 46.2 Å². The van der Waals surface area contributed by atoms with Crippen molar-refractivity contribution in [2.24, 2.45) is 12.0 Å². The Morgan fingerprint density at radius 3 is 2.56 bits per heavy atom. The summed E-state index contributed by atoms with van der Waals surface area (Å²) in [6, 6.07) is 8.12. The number of guanidine groups is 1. The molecule has 0 unspecified atom stereocenters. The Morgan fingerprint density at radius 2 is 1.96 bits per heavy atom. The lowest BCUT2D eigenvalue weighted by atomic mass is 10.1. The molecule has 7 heteroatoms. The molecule has 0 aliphatic rings. The highest BCUT2D eigenvalue weighted by atomic mass is 79.9. The molecule has 0 amide bonds. The lowest BCUT2D eigenvalue weighted by Gasteiger charge is -2.22. The first kappa shape index (κ1) is 21.2. The molecule has 0 spiro atoms. The highest BCUT2D eigenvalue weighted by Crippen LogP contribution is 2.27. The van der Waals surface area contributed by atoms with Crippen molar-refractivity contribution in [2.45, 2.75) is 19.9 Å². The molecular formula is C20H29BrN4O2. The SMILES string of the molecule is CCNC(=NCCc1ccc(OC)c(OC)c1)N(C)Cc1cc(Br)cn1C. The summed E-state index contributed by atoms with van der Waals surface area (Å²) in [5.41, 5.74) is 2.39. The Morgan fingerprint density at radius 1 is 1.22 bits per heavy atom. The van der Waals surface area contributed by atoms with Crippen LogP contribution in [0.3, 0.4) is 0 Å². The Labute approximate surface area is 170 Å². The molecule has 148 valence electrons. The van der Waals surface area contributed by atoms with E-state index in [4.69, 9.17) is 14.5 Å². The zero-order valence-electron chi connectivity index (χ0n) is 16.8. The maximum Gasteiger partial charge on any atom is 0.194 e. The minimum Gasteiger partial charge on any atom is -0.493 e. The number of ether oxygens (including phenoxy) is 2. The van der Waals surface area contributed by atoms with E-state index in [0.29, 0.717) is 6.54 Å². The summed E-state index contributed by atoms with van der Waals surface area (Å²) in [4.78, 5) is 6.92. The molecule has 0 atom stereocenters. The highest BCUT2D eigenvalue weighted by Gasteiger charge is 2.10. The number of nitrogens with zero attached hydrogens (tertiary/aromatic N) is 3. The third-order valence-electron chi connectivity index (χ3n) is 4.28. The van der Waals surface area contributed by atoms with Crippen molar-refractivity contribution in [2.75, 3.05) is 34.4 Å². The van der Waals surface area contributed by atoms with E-state index in [9.17, 15) is 0 Å². The van der Waals surface area contributed by atoms with Gasteiger partial charge in [0, 0.05) is 43.5 Å². The van der Waals surface area contributed by atoms with Crippen LogP contribution >= 0.6 is 15.9 Å². The van der Waals surface area contributed by atoms with Crippen LogP contribution in [0.15, 0.2) is 39.9 Å². The molecule has 0 fully saturated rings. The zero-order chi connectivity index (χ0) is 19.8. The van der Waals surface area contributed by atoms with Gasteiger partial charge < -0.3 is 24.3 Å². The van der Waals surface area contributed by atoms with Gasteiger partial charge in [-0.25, -0.2) is 0 Å². The summed E-state index contributed by atoms with van der Waals surface area (Å²) in [6.45, 7) is 4.39. The molecule has 2 aromatic rings. The predicted octanol–water partition coefficient (Wildman–Crippen LogP) is 3.44. The quantitative estimate of drug-likeness (QED) is 0.508. The molecule has 0 aliphatic heterocycles. The average molecular weight is 437 g/mol. The van der Waals surface area contributed by atoms with Crippen LogP contribution in [0.1, 0.15) is 18.2 Å². The Hall–Kier alpha value is -2.15. The summed E-state index contributed by atoms with van der Waals surface area (Å²) < 4.78 is 13.9. The third kappa shape index (κ3) is 5.92. The normalized spacial score (nSPS) is 11.4. The van der Waals surface area contributed by atoms with Crippen LogP contribution in [-0.4, -0.2) is 49.8 Å². The topological polar surface area (TPSA) is 51.0 Å². The summed E-state index contributed by atoms with van der Waals surface area (Å²) in [7, 11) is 7.40. The lowest BCUT2D eigenvalue weighted by molar-refractivity contribution is 0.354. The van der Waals surface area contributed by atoms with Crippen LogP contribution in [0.2, 0.25) is 0 Å². The van der Waals surface area contributed by atoms with Gasteiger partial charge in [0.2, 0.25) is 0 Å². The molecule has 0 saturated carbocycles.